The fourth-order valence-electron chi connectivity index (χ4n) is 3.89. The Morgan fingerprint density at radius 3 is 2.71 bits per heavy atom. The number of nitro benzene ring substituents is 1. The van der Waals surface area contributed by atoms with Crippen LogP contribution in [-0.2, 0) is 13.1 Å². The van der Waals surface area contributed by atoms with Crippen LogP contribution in [-0.4, -0.2) is 20.9 Å². The lowest BCUT2D eigenvalue weighted by atomic mass is 10.0. The molecule has 144 valence electrons. The Labute approximate surface area is 161 Å². The first kappa shape index (κ1) is 18.3. The molecule has 0 fully saturated rings. The van der Waals surface area contributed by atoms with Gasteiger partial charge in [0, 0.05) is 49.2 Å². The summed E-state index contributed by atoms with van der Waals surface area (Å²) in [6.07, 6.45) is 2.82. The minimum absolute atomic E-state index is 0.0109. The van der Waals surface area contributed by atoms with E-state index in [0.717, 1.165) is 30.3 Å². The van der Waals surface area contributed by atoms with E-state index in [0.29, 0.717) is 6.54 Å². The molecular formula is C21H19F2N3O2. The van der Waals surface area contributed by atoms with Gasteiger partial charge in [-0.25, -0.2) is 8.78 Å². The normalized spacial score (nSPS) is 17.1. The van der Waals surface area contributed by atoms with Crippen LogP contribution in [0.2, 0.25) is 0 Å². The predicted molar refractivity (Wildman–Crippen MR) is 101 cm³/mol. The molecule has 0 radical (unpaired) electrons. The van der Waals surface area contributed by atoms with Crippen molar-refractivity contribution in [2.75, 3.05) is 6.54 Å². The molecule has 1 aliphatic rings. The lowest BCUT2D eigenvalue weighted by Gasteiger charge is -2.30. The van der Waals surface area contributed by atoms with Gasteiger partial charge < -0.3 is 4.57 Å². The van der Waals surface area contributed by atoms with E-state index in [1.165, 1.54) is 12.1 Å². The Balaban J connectivity index is 1.78. The second kappa shape index (κ2) is 7.52. The third kappa shape index (κ3) is 3.41. The molecule has 0 unspecified atom stereocenters. The van der Waals surface area contributed by atoms with Gasteiger partial charge in [-0.15, -0.1) is 0 Å². The van der Waals surface area contributed by atoms with Crippen molar-refractivity contribution in [1.29, 1.82) is 0 Å². The smallest absolute Gasteiger partial charge is 0.269 e. The molecule has 0 N–H and O–H groups in total. The molecule has 0 saturated carbocycles. The van der Waals surface area contributed by atoms with Crippen molar-refractivity contribution < 1.29 is 13.7 Å². The fourth-order valence-corrected chi connectivity index (χ4v) is 3.89. The van der Waals surface area contributed by atoms with Crippen LogP contribution in [0.5, 0.6) is 0 Å². The highest BCUT2D eigenvalue weighted by atomic mass is 19.2. The SMILES string of the molecule is O=[N+]([O-])c1cccc([C@H]2c3cccn3CCCN2Cc2cccc(F)c2F)c1. The molecule has 1 atom stereocenters. The zero-order valence-corrected chi connectivity index (χ0v) is 15.1. The average Bonchev–Trinajstić information content (AvgIpc) is 3.07. The van der Waals surface area contributed by atoms with Gasteiger partial charge in [-0.2, -0.15) is 0 Å². The van der Waals surface area contributed by atoms with Crippen molar-refractivity contribution in [3.8, 4) is 0 Å². The number of non-ortho nitro benzene ring substituents is 1. The number of hydrogen-bond acceptors (Lipinski definition) is 3. The molecule has 7 heteroatoms. The largest absolute Gasteiger partial charge is 0.350 e. The van der Waals surface area contributed by atoms with Gasteiger partial charge in [-0.05, 0) is 30.2 Å². The second-order valence-electron chi connectivity index (χ2n) is 6.92. The maximum absolute atomic E-state index is 14.3. The number of nitrogens with zero attached hydrogens (tertiary/aromatic N) is 3. The van der Waals surface area contributed by atoms with Gasteiger partial charge in [0.25, 0.3) is 5.69 Å². The Bertz CT molecular complexity index is 1020. The number of aryl methyl sites for hydroxylation is 1. The second-order valence-corrected chi connectivity index (χ2v) is 6.92. The first-order valence-corrected chi connectivity index (χ1v) is 9.11. The number of halogens is 2. The molecule has 0 spiro atoms. The highest BCUT2D eigenvalue weighted by Gasteiger charge is 2.29. The van der Waals surface area contributed by atoms with Crippen LogP contribution >= 0.6 is 0 Å². The van der Waals surface area contributed by atoms with E-state index in [1.54, 1.807) is 18.2 Å². The zero-order chi connectivity index (χ0) is 19.7. The summed E-state index contributed by atoms with van der Waals surface area (Å²) in [5.74, 6) is -1.72. The first-order valence-electron chi connectivity index (χ1n) is 9.11. The molecule has 4 rings (SSSR count). The molecule has 2 heterocycles. The molecule has 2 aromatic carbocycles. The van der Waals surface area contributed by atoms with Gasteiger partial charge in [-0.3, -0.25) is 15.0 Å². The van der Waals surface area contributed by atoms with Gasteiger partial charge in [0.1, 0.15) is 0 Å². The van der Waals surface area contributed by atoms with E-state index < -0.39 is 16.6 Å². The number of hydrogen-bond donors (Lipinski definition) is 0. The van der Waals surface area contributed by atoms with Crippen LogP contribution in [0.4, 0.5) is 14.5 Å². The molecule has 1 aliphatic heterocycles. The quantitative estimate of drug-likeness (QED) is 0.486. The fraction of sp³-hybridized carbons (Fsp3) is 0.238. The molecular weight excluding hydrogens is 364 g/mol. The predicted octanol–water partition coefficient (Wildman–Crippen LogP) is 4.67. The average molecular weight is 383 g/mol. The first-order chi connectivity index (χ1) is 13.5. The van der Waals surface area contributed by atoms with Crippen LogP contribution in [0.15, 0.2) is 60.8 Å². The highest BCUT2D eigenvalue weighted by Crippen LogP contribution is 2.34. The van der Waals surface area contributed by atoms with E-state index in [2.05, 4.69) is 9.47 Å². The number of rotatable bonds is 4. The minimum Gasteiger partial charge on any atom is -0.350 e. The minimum atomic E-state index is -0.873. The van der Waals surface area contributed by atoms with Crippen molar-refractivity contribution in [3.05, 3.63) is 99.4 Å². The molecule has 1 aromatic heterocycles. The summed E-state index contributed by atoms with van der Waals surface area (Å²) in [4.78, 5) is 12.9. The maximum Gasteiger partial charge on any atom is 0.269 e. The Morgan fingerprint density at radius 2 is 1.89 bits per heavy atom. The Kier molecular flexibility index (Phi) is 4.92. The van der Waals surface area contributed by atoms with Gasteiger partial charge in [0.05, 0.1) is 11.0 Å². The number of aromatic nitrogens is 1. The Hall–Kier alpha value is -3.06. The van der Waals surface area contributed by atoms with Crippen molar-refractivity contribution in [3.63, 3.8) is 0 Å². The summed E-state index contributed by atoms with van der Waals surface area (Å²) in [5, 5.41) is 11.2. The van der Waals surface area contributed by atoms with Crippen LogP contribution in [0.1, 0.15) is 29.3 Å². The molecule has 3 aromatic rings. The Morgan fingerprint density at radius 1 is 1.07 bits per heavy atom. The third-order valence-corrected chi connectivity index (χ3v) is 5.16. The molecule has 5 nitrogen and oxygen atoms in total. The van der Waals surface area contributed by atoms with E-state index in [-0.39, 0.29) is 23.8 Å². The number of fused-ring (bicyclic) bond motifs is 1. The van der Waals surface area contributed by atoms with Gasteiger partial charge in [-0.1, -0.05) is 24.3 Å². The van der Waals surface area contributed by atoms with E-state index >= 15 is 0 Å². The zero-order valence-electron chi connectivity index (χ0n) is 15.1. The van der Waals surface area contributed by atoms with Gasteiger partial charge >= 0.3 is 0 Å². The summed E-state index contributed by atoms with van der Waals surface area (Å²) in [5.41, 5.74) is 2.02. The van der Waals surface area contributed by atoms with E-state index in [4.69, 9.17) is 0 Å². The van der Waals surface area contributed by atoms with Gasteiger partial charge in [0.2, 0.25) is 0 Å². The van der Waals surface area contributed by atoms with Crippen LogP contribution in [0.3, 0.4) is 0 Å². The van der Waals surface area contributed by atoms with Crippen LogP contribution in [0, 0.1) is 21.7 Å². The van der Waals surface area contributed by atoms with Crippen LogP contribution < -0.4 is 0 Å². The number of nitro groups is 1. The molecule has 28 heavy (non-hydrogen) atoms. The van der Waals surface area contributed by atoms with Crippen molar-refractivity contribution in [1.82, 2.24) is 9.47 Å². The standard InChI is InChI=1S/C21H19F2N3O2/c22-18-8-2-6-16(20(18)23)14-25-12-4-11-24-10-3-9-19(24)21(25)15-5-1-7-17(13-15)26(27)28/h1-3,5-10,13,21H,4,11-12,14H2/t21-/m0/s1. The summed E-state index contributed by atoms with van der Waals surface area (Å²) in [7, 11) is 0. The van der Waals surface area contributed by atoms with Gasteiger partial charge in [0.15, 0.2) is 11.6 Å². The molecule has 0 aliphatic carbocycles. The van der Waals surface area contributed by atoms with Crippen LogP contribution in [0.25, 0.3) is 0 Å². The summed E-state index contributed by atoms with van der Waals surface area (Å²) < 4.78 is 30.1. The summed E-state index contributed by atoms with van der Waals surface area (Å²) >= 11 is 0. The molecule has 0 saturated heterocycles. The molecule has 0 amide bonds. The lowest BCUT2D eigenvalue weighted by molar-refractivity contribution is -0.384. The monoisotopic (exact) mass is 383 g/mol. The number of benzene rings is 2. The summed E-state index contributed by atoms with van der Waals surface area (Å²) in [6, 6.07) is 14.3. The summed E-state index contributed by atoms with van der Waals surface area (Å²) in [6.45, 7) is 1.67. The van der Waals surface area contributed by atoms with Crippen molar-refractivity contribution >= 4 is 5.69 Å². The molecule has 0 bridgehead atoms. The van der Waals surface area contributed by atoms with Crippen molar-refractivity contribution in [2.45, 2.75) is 25.6 Å². The topological polar surface area (TPSA) is 51.3 Å². The maximum atomic E-state index is 14.3. The lowest BCUT2D eigenvalue weighted by Crippen LogP contribution is -2.30. The third-order valence-electron chi connectivity index (χ3n) is 5.16. The highest BCUT2D eigenvalue weighted by molar-refractivity contribution is 5.39. The van der Waals surface area contributed by atoms with Crippen molar-refractivity contribution in [2.24, 2.45) is 0 Å². The van der Waals surface area contributed by atoms with E-state index in [1.807, 2.05) is 24.4 Å². The van der Waals surface area contributed by atoms with E-state index in [9.17, 15) is 18.9 Å².